The first-order valence-electron chi connectivity index (χ1n) is 10.8. The van der Waals surface area contributed by atoms with E-state index in [1.54, 1.807) is 29.9 Å². The van der Waals surface area contributed by atoms with Crippen LogP contribution in [0.5, 0.6) is 0 Å². The van der Waals surface area contributed by atoms with Crippen molar-refractivity contribution in [3.63, 3.8) is 0 Å². The van der Waals surface area contributed by atoms with Crippen LogP contribution in [-0.2, 0) is 16.1 Å². The molecular weight excluding hydrogens is 434 g/mol. The Morgan fingerprint density at radius 3 is 2.97 bits per heavy atom. The summed E-state index contributed by atoms with van der Waals surface area (Å²) in [5.41, 5.74) is 1.85. The number of fused-ring (bicyclic) bond motifs is 1. The molecule has 0 bridgehead atoms. The number of halogens is 1. The molecule has 0 fully saturated rings. The smallest absolute Gasteiger partial charge is 0.262 e. The molecule has 1 aliphatic carbocycles. The van der Waals surface area contributed by atoms with Crippen molar-refractivity contribution in [3.8, 4) is 0 Å². The first-order chi connectivity index (χ1) is 15.0. The Morgan fingerprint density at radius 1 is 1.39 bits per heavy atom. The van der Waals surface area contributed by atoms with Gasteiger partial charge in [-0.15, -0.1) is 0 Å². The van der Waals surface area contributed by atoms with Gasteiger partial charge in [-0.05, 0) is 63.6 Å². The van der Waals surface area contributed by atoms with Crippen molar-refractivity contribution < 1.29 is 9.53 Å². The Kier molecular flexibility index (Phi) is 8.99. The monoisotopic (exact) mass is 463 g/mol. The summed E-state index contributed by atoms with van der Waals surface area (Å²) in [6, 6.07) is 5.08. The minimum absolute atomic E-state index is 0.0507. The molecule has 1 aliphatic rings. The highest BCUT2D eigenvalue weighted by Crippen LogP contribution is 2.24. The van der Waals surface area contributed by atoms with Crippen molar-refractivity contribution in [2.75, 3.05) is 20.3 Å². The molecule has 1 N–H and O–H groups in total. The van der Waals surface area contributed by atoms with Crippen molar-refractivity contribution in [1.82, 2.24) is 14.9 Å². The van der Waals surface area contributed by atoms with E-state index >= 15 is 0 Å². The summed E-state index contributed by atoms with van der Waals surface area (Å²) in [4.78, 5) is 30.4. The molecule has 0 saturated heterocycles. The predicted octanol–water partition coefficient (Wildman–Crippen LogP) is 4.57. The second-order valence-electron chi connectivity index (χ2n) is 7.77. The third-order valence-electron chi connectivity index (χ3n) is 5.39. The van der Waals surface area contributed by atoms with Crippen LogP contribution in [0.2, 0.25) is 5.02 Å². The van der Waals surface area contributed by atoms with Gasteiger partial charge in [-0.25, -0.2) is 4.98 Å². The van der Waals surface area contributed by atoms with Crippen LogP contribution in [-0.4, -0.2) is 41.0 Å². The molecule has 1 atom stereocenters. The number of nitrogens with zero attached hydrogens (tertiary/aromatic N) is 2. The van der Waals surface area contributed by atoms with E-state index in [0.717, 1.165) is 19.3 Å². The number of hydrogen-bond donors (Lipinski definition) is 1. The largest absolute Gasteiger partial charge is 0.385 e. The number of hydrogen-bond acceptors (Lipinski definition) is 5. The van der Waals surface area contributed by atoms with Crippen molar-refractivity contribution in [1.29, 1.82) is 0 Å². The SMILES string of the molecule is COCCCn1c(SC(C)C(=O)NCCC2=CCCCC2)nc2cc(Cl)ccc2c1=O. The third-order valence-corrected chi connectivity index (χ3v) is 6.72. The summed E-state index contributed by atoms with van der Waals surface area (Å²) in [7, 11) is 1.63. The van der Waals surface area contributed by atoms with Gasteiger partial charge in [-0.3, -0.25) is 14.2 Å². The first kappa shape index (κ1) is 23.8. The van der Waals surface area contributed by atoms with Crippen LogP contribution in [0.25, 0.3) is 10.9 Å². The number of ether oxygens (including phenoxy) is 1. The molecule has 0 spiro atoms. The van der Waals surface area contributed by atoms with E-state index in [1.165, 1.54) is 30.2 Å². The fourth-order valence-corrected chi connectivity index (χ4v) is 4.79. The standard InChI is InChI=1S/C23H30ClN3O3S/c1-16(21(28)25-12-11-17-7-4-3-5-8-17)31-23-26-20-15-18(24)9-10-19(20)22(29)27(23)13-6-14-30-2/h7,9-10,15-16H,3-6,8,11-14H2,1-2H3,(H,25,28). The van der Waals surface area contributed by atoms with E-state index in [0.29, 0.717) is 47.2 Å². The molecule has 1 aromatic heterocycles. The number of allylic oxidation sites excluding steroid dienone is 1. The molecule has 3 rings (SSSR count). The van der Waals surface area contributed by atoms with Gasteiger partial charge in [0.25, 0.3) is 5.56 Å². The molecule has 1 amide bonds. The van der Waals surface area contributed by atoms with Crippen LogP contribution in [0.15, 0.2) is 39.8 Å². The number of amides is 1. The zero-order chi connectivity index (χ0) is 22.2. The molecule has 8 heteroatoms. The first-order valence-corrected chi connectivity index (χ1v) is 12.1. The molecule has 0 saturated carbocycles. The molecule has 2 aromatic rings. The zero-order valence-corrected chi connectivity index (χ0v) is 19.7. The quantitative estimate of drug-likeness (QED) is 0.242. The van der Waals surface area contributed by atoms with Gasteiger partial charge in [0.1, 0.15) is 0 Å². The van der Waals surface area contributed by atoms with Crippen molar-refractivity contribution in [2.45, 2.75) is 62.4 Å². The normalized spacial score (nSPS) is 15.0. The summed E-state index contributed by atoms with van der Waals surface area (Å²) in [6.07, 6.45) is 8.67. The van der Waals surface area contributed by atoms with E-state index < -0.39 is 0 Å². The van der Waals surface area contributed by atoms with Crippen LogP contribution < -0.4 is 10.9 Å². The van der Waals surface area contributed by atoms with Gasteiger partial charge < -0.3 is 10.1 Å². The Labute approximate surface area is 192 Å². The van der Waals surface area contributed by atoms with Gasteiger partial charge in [0.15, 0.2) is 5.16 Å². The molecular formula is C23H30ClN3O3S. The molecule has 31 heavy (non-hydrogen) atoms. The lowest BCUT2D eigenvalue weighted by molar-refractivity contribution is -0.120. The minimum atomic E-state index is -0.377. The fraction of sp³-hybridized carbons (Fsp3) is 0.522. The summed E-state index contributed by atoms with van der Waals surface area (Å²) >= 11 is 7.40. The Hall–Kier alpha value is -1.83. The lowest BCUT2D eigenvalue weighted by atomic mass is 9.97. The number of nitrogens with one attached hydrogen (secondary N) is 1. The van der Waals surface area contributed by atoms with E-state index in [1.807, 2.05) is 6.92 Å². The number of rotatable bonds is 10. The summed E-state index contributed by atoms with van der Waals surface area (Å²) in [5.74, 6) is -0.0507. The van der Waals surface area contributed by atoms with Crippen molar-refractivity contribution in [2.24, 2.45) is 0 Å². The van der Waals surface area contributed by atoms with Crippen LogP contribution in [0, 0.1) is 0 Å². The predicted molar refractivity (Wildman–Crippen MR) is 127 cm³/mol. The maximum atomic E-state index is 13.1. The van der Waals surface area contributed by atoms with Gasteiger partial charge in [-0.2, -0.15) is 0 Å². The Balaban J connectivity index is 1.72. The van der Waals surface area contributed by atoms with Crippen molar-refractivity contribution in [3.05, 3.63) is 45.2 Å². The molecule has 0 radical (unpaired) electrons. The maximum Gasteiger partial charge on any atom is 0.262 e. The summed E-state index contributed by atoms with van der Waals surface area (Å²) in [5, 5.41) is 4.21. The van der Waals surface area contributed by atoms with E-state index in [4.69, 9.17) is 16.3 Å². The molecule has 1 aromatic carbocycles. The molecule has 0 aliphatic heterocycles. The lowest BCUT2D eigenvalue weighted by Crippen LogP contribution is -2.33. The summed E-state index contributed by atoms with van der Waals surface area (Å²) < 4.78 is 6.77. The number of carbonyl (C=O) groups excluding carboxylic acids is 1. The van der Waals surface area contributed by atoms with Gasteiger partial charge in [0, 0.05) is 31.8 Å². The van der Waals surface area contributed by atoms with Crippen molar-refractivity contribution >= 4 is 40.2 Å². The summed E-state index contributed by atoms with van der Waals surface area (Å²) in [6.45, 7) is 3.49. The molecule has 1 unspecified atom stereocenters. The highest BCUT2D eigenvalue weighted by Gasteiger charge is 2.19. The number of carbonyl (C=O) groups is 1. The van der Waals surface area contributed by atoms with Gasteiger partial charge in [0.2, 0.25) is 5.91 Å². The van der Waals surface area contributed by atoms with Crippen LogP contribution in [0.3, 0.4) is 0 Å². The molecule has 1 heterocycles. The number of aromatic nitrogens is 2. The van der Waals surface area contributed by atoms with Crippen LogP contribution in [0.4, 0.5) is 0 Å². The van der Waals surface area contributed by atoms with Gasteiger partial charge in [0.05, 0.1) is 16.2 Å². The zero-order valence-electron chi connectivity index (χ0n) is 18.2. The Bertz CT molecular complexity index is 1010. The van der Waals surface area contributed by atoms with Crippen LogP contribution in [0.1, 0.15) is 45.4 Å². The second-order valence-corrected chi connectivity index (χ2v) is 9.51. The second kappa shape index (κ2) is 11.7. The fourth-order valence-electron chi connectivity index (χ4n) is 3.66. The minimum Gasteiger partial charge on any atom is -0.385 e. The van der Waals surface area contributed by atoms with Gasteiger partial charge >= 0.3 is 0 Å². The average Bonchev–Trinajstić information content (AvgIpc) is 2.76. The number of benzene rings is 1. The third kappa shape index (κ3) is 6.57. The maximum absolute atomic E-state index is 13.1. The number of methoxy groups -OCH3 is 1. The number of thioether (sulfide) groups is 1. The van der Waals surface area contributed by atoms with E-state index in [9.17, 15) is 9.59 Å². The molecule has 168 valence electrons. The highest BCUT2D eigenvalue weighted by molar-refractivity contribution is 8.00. The Morgan fingerprint density at radius 2 is 2.23 bits per heavy atom. The van der Waals surface area contributed by atoms with Gasteiger partial charge in [-0.1, -0.05) is 35.0 Å². The van der Waals surface area contributed by atoms with E-state index in [-0.39, 0.29) is 16.7 Å². The topological polar surface area (TPSA) is 73.2 Å². The molecule has 6 nitrogen and oxygen atoms in total. The van der Waals surface area contributed by atoms with E-state index in [2.05, 4.69) is 16.4 Å². The highest BCUT2D eigenvalue weighted by atomic mass is 35.5. The van der Waals surface area contributed by atoms with Crippen LogP contribution >= 0.6 is 23.4 Å². The lowest BCUT2D eigenvalue weighted by Gasteiger charge is -2.17. The average molecular weight is 464 g/mol.